The summed E-state index contributed by atoms with van der Waals surface area (Å²) in [5.74, 6) is 0.125. The summed E-state index contributed by atoms with van der Waals surface area (Å²) < 4.78 is 3.26. The van der Waals surface area contributed by atoms with E-state index in [0.29, 0.717) is 32.7 Å². The largest absolute Gasteiger partial charge is 0.339 e. The van der Waals surface area contributed by atoms with Crippen LogP contribution in [0.3, 0.4) is 0 Å². The lowest BCUT2D eigenvalue weighted by atomic mass is 10.1. The van der Waals surface area contributed by atoms with E-state index in [0.717, 1.165) is 15.9 Å². The van der Waals surface area contributed by atoms with Gasteiger partial charge in [-0.1, -0.05) is 29.8 Å². The fourth-order valence-corrected chi connectivity index (χ4v) is 4.53. The molecular weight excluding hydrogens is 358 g/mol. The Hall–Kier alpha value is -2.60. The lowest BCUT2D eigenvalue weighted by Gasteiger charge is -2.34. The number of carbonyl (C=O) groups excluding carboxylic acids is 2. The second-order valence-corrected chi connectivity index (χ2v) is 8.02. The van der Waals surface area contributed by atoms with Crippen LogP contribution in [-0.2, 0) is 11.3 Å². The highest BCUT2D eigenvalue weighted by Gasteiger charge is 2.26. The van der Waals surface area contributed by atoms with Crippen LogP contribution in [0, 0.1) is 6.92 Å². The Morgan fingerprint density at radius 2 is 1.78 bits per heavy atom. The van der Waals surface area contributed by atoms with E-state index in [1.807, 2.05) is 11.0 Å². The van der Waals surface area contributed by atoms with Crippen molar-refractivity contribution >= 4 is 33.4 Å². The quantitative estimate of drug-likeness (QED) is 0.698. The predicted octanol–water partition coefficient (Wildman–Crippen LogP) is 3.36. The summed E-state index contributed by atoms with van der Waals surface area (Å²) in [4.78, 5) is 28.4. The van der Waals surface area contributed by atoms with Crippen molar-refractivity contribution in [2.75, 3.05) is 26.2 Å². The van der Waals surface area contributed by atoms with Crippen molar-refractivity contribution in [1.29, 1.82) is 0 Å². The van der Waals surface area contributed by atoms with Gasteiger partial charge in [0.1, 0.15) is 5.69 Å². The molecule has 0 saturated carbocycles. The number of thiophene rings is 1. The summed E-state index contributed by atoms with van der Waals surface area (Å²) in [5, 5.41) is 2.07. The van der Waals surface area contributed by atoms with Crippen LogP contribution in [0.2, 0.25) is 0 Å². The van der Waals surface area contributed by atoms with Crippen molar-refractivity contribution in [3.05, 3.63) is 58.6 Å². The zero-order valence-corrected chi connectivity index (χ0v) is 16.5. The second kappa shape index (κ2) is 7.19. The van der Waals surface area contributed by atoms with Crippen molar-refractivity contribution in [2.24, 2.45) is 0 Å². The number of aryl methyl sites for hydroxylation is 1. The minimum Gasteiger partial charge on any atom is -0.339 e. The lowest BCUT2D eigenvalue weighted by Crippen LogP contribution is -2.50. The molecule has 0 bridgehead atoms. The summed E-state index contributed by atoms with van der Waals surface area (Å²) in [6.45, 7) is 6.72. The summed E-state index contributed by atoms with van der Waals surface area (Å²) in [7, 11) is 0. The third-order valence-electron chi connectivity index (χ3n) is 5.18. The summed E-state index contributed by atoms with van der Waals surface area (Å²) in [6.07, 6.45) is 0. The molecule has 6 heteroatoms. The van der Waals surface area contributed by atoms with Crippen LogP contribution >= 0.6 is 11.3 Å². The van der Waals surface area contributed by atoms with Crippen molar-refractivity contribution < 1.29 is 9.59 Å². The first-order valence-electron chi connectivity index (χ1n) is 9.20. The molecule has 140 valence electrons. The van der Waals surface area contributed by atoms with E-state index >= 15 is 0 Å². The molecule has 0 N–H and O–H groups in total. The van der Waals surface area contributed by atoms with Gasteiger partial charge in [0.05, 0.1) is 10.2 Å². The smallest absolute Gasteiger partial charge is 0.270 e. The molecular formula is C21H23N3O2S. The van der Waals surface area contributed by atoms with E-state index < -0.39 is 0 Å². The zero-order chi connectivity index (χ0) is 19.0. The molecule has 3 aromatic rings. The van der Waals surface area contributed by atoms with E-state index in [2.05, 4.69) is 47.2 Å². The molecule has 4 rings (SSSR count). The molecule has 2 amide bonds. The van der Waals surface area contributed by atoms with Gasteiger partial charge in [0, 0.05) is 39.6 Å². The van der Waals surface area contributed by atoms with Gasteiger partial charge in [-0.3, -0.25) is 9.59 Å². The Morgan fingerprint density at radius 3 is 2.48 bits per heavy atom. The van der Waals surface area contributed by atoms with E-state index in [-0.39, 0.29) is 11.8 Å². The van der Waals surface area contributed by atoms with Gasteiger partial charge in [-0.05, 0) is 30.0 Å². The Bertz CT molecular complexity index is 996. The number of benzene rings is 1. The number of rotatable bonds is 3. The molecule has 1 saturated heterocycles. The SMILES string of the molecule is CC(=O)N1CCN(C(=O)c2cc3sccc3n2Cc2cccc(C)c2)CC1. The van der Waals surface area contributed by atoms with Gasteiger partial charge < -0.3 is 14.4 Å². The van der Waals surface area contributed by atoms with E-state index in [1.165, 1.54) is 11.1 Å². The number of aromatic nitrogens is 1. The Morgan fingerprint density at radius 1 is 1.04 bits per heavy atom. The van der Waals surface area contributed by atoms with Crippen LogP contribution in [-0.4, -0.2) is 52.4 Å². The summed E-state index contributed by atoms with van der Waals surface area (Å²) in [5.41, 5.74) is 4.24. The number of fused-ring (bicyclic) bond motifs is 1. The monoisotopic (exact) mass is 381 g/mol. The molecule has 1 aliphatic rings. The molecule has 1 fully saturated rings. The number of amides is 2. The zero-order valence-electron chi connectivity index (χ0n) is 15.6. The first-order chi connectivity index (χ1) is 13.0. The van der Waals surface area contributed by atoms with Crippen molar-refractivity contribution in [2.45, 2.75) is 20.4 Å². The first-order valence-corrected chi connectivity index (χ1v) is 10.1. The summed E-state index contributed by atoms with van der Waals surface area (Å²) >= 11 is 1.66. The standard InChI is InChI=1S/C21H23N3O2S/c1-15-4-3-5-17(12-15)14-24-18-6-11-27-20(18)13-19(24)21(26)23-9-7-22(8-10-23)16(2)25/h3-6,11-13H,7-10,14H2,1-2H3. The molecule has 1 aliphatic heterocycles. The third-order valence-corrected chi connectivity index (χ3v) is 6.03. The van der Waals surface area contributed by atoms with Gasteiger partial charge in [0.15, 0.2) is 0 Å². The highest BCUT2D eigenvalue weighted by molar-refractivity contribution is 7.17. The van der Waals surface area contributed by atoms with Crippen LogP contribution in [0.25, 0.3) is 10.2 Å². The number of carbonyl (C=O) groups is 2. The van der Waals surface area contributed by atoms with E-state index in [9.17, 15) is 9.59 Å². The molecule has 2 aromatic heterocycles. The minimum atomic E-state index is 0.0502. The Balaban J connectivity index is 1.63. The second-order valence-electron chi connectivity index (χ2n) is 7.07. The number of piperazine rings is 1. The Kier molecular flexibility index (Phi) is 4.74. The number of hydrogen-bond donors (Lipinski definition) is 0. The highest BCUT2D eigenvalue weighted by Crippen LogP contribution is 2.27. The summed E-state index contributed by atoms with van der Waals surface area (Å²) in [6, 6.07) is 12.5. The molecule has 27 heavy (non-hydrogen) atoms. The maximum Gasteiger partial charge on any atom is 0.270 e. The minimum absolute atomic E-state index is 0.0502. The van der Waals surface area contributed by atoms with Gasteiger partial charge in [-0.25, -0.2) is 0 Å². The molecule has 0 aliphatic carbocycles. The first kappa shape index (κ1) is 17.8. The van der Waals surface area contributed by atoms with Crippen molar-refractivity contribution in [3.8, 4) is 0 Å². The molecule has 0 radical (unpaired) electrons. The van der Waals surface area contributed by atoms with Crippen LogP contribution in [0.4, 0.5) is 0 Å². The molecule has 3 heterocycles. The van der Waals surface area contributed by atoms with Gasteiger partial charge >= 0.3 is 0 Å². The Labute approximate surface area is 162 Å². The average Bonchev–Trinajstić information content (AvgIpc) is 3.24. The van der Waals surface area contributed by atoms with Gasteiger partial charge in [-0.15, -0.1) is 11.3 Å². The maximum atomic E-state index is 13.2. The van der Waals surface area contributed by atoms with Crippen LogP contribution in [0.1, 0.15) is 28.5 Å². The normalized spacial score (nSPS) is 14.7. The molecule has 0 unspecified atom stereocenters. The van der Waals surface area contributed by atoms with Crippen LogP contribution in [0.15, 0.2) is 41.8 Å². The van der Waals surface area contributed by atoms with Crippen molar-refractivity contribution in [1.82, 2.24) is 14.4 Å². The molecule has 5 nitrogen and oxygen atoms in total. The number of nitrogens with zero attached hydrogens (tertiary/aromatic N) is 3. The third kappa shape index (κ3) is 3.49. The van der Waals surface area contributed by atoms with Crippen LogP contribution in [0.5, 0.6) is 0 Å². The van der Waals surface area contributed by atoms with Crippen LogP contribution < -0.4 is 0 Å². The predicted molar refractivity (Wildman–Crippen MR) is 108 cm³/mol. The molecule has 1 aromatic carbocycles. The lowest BCUT2D eigenvalue weighted by molar-refractivity contribution is -0.130. The highest BCUT2D eigenvalue weighted by atomic mass is 32.1. The fraction of sp³-hybridized carbons (Fsp3) is 0.333. The van der Waals surface area contributed by atoms with E-state index in [4.69, 9.17) is 0 Å². The topological polar surface area (TPSA) is 45.6 Å². The molecule has 0 spiro atoms. The number of hydrogen-bond acceptors (Lipinski definition) is 3. The van der Waals surface area contributed by atoms with Gasteiger partial charge in [0.2, 0.25) is 5.91 Å². The van der Waals surface area contributed by atoms with Gasteiger partial charge in [-0.2, -0.15) is 0 Å². The van der Waals surface area contributed by atoms with Gasteiger partial charge in [0.25, 0.3) is 5.91 Å². The maximum absolute atomic E-state index is 13.2. The van der Waals surface area contributed by atoms with E-state index in [1.54, 1.807) is 23.2 Å². The average molecular weight is 382 g/mol. The van der Waals surface area contributed by atoms with Crippen molar-refractivity contribution in [3.63, 3.8) is 0 Å². The molecule has 0 atom stereocenters. The fourth-order valence-electron chi connectivity index (χ4n) is 3.70.